The monoisotopic (exact) mass is 398 g/mol. The molecule has 1 aromatic rings. The average Bonchev–Trinajstić information content (AvgIpc) is 2.64. The fourth-order valence-corrected chi connectivity index (χ4v) is 3.79. The van der Waals surface area contributed by atoms with Gasteiger partial charge in [0, 0.05) is 32.7 Å². The number of benzene rings is 1. The van der Waals surface area contributed by atoms with Crippen molar-refractivity contribution in [1.82, 2.24) is 15.1 Å². The lowest BCUT2D eigenvalue weighted by Crippen LogP contribution is -2.45. The van der Waals surface area contributed by atoms with Crippen LogP contribution < -0.4 is 14.4 Å². The summed E-state index contributed by atoms with van der Waals surface area (Å²) in [5.74, 6) is 0.315. The predicted octanol–water partition coefficient (Wildman–Crippen LogP) is 0.215. The maximum Gasteiger partial charge on any atom is 0.240 e. The molecule has 27 heavy (non-hydrogen) atoms. The largest absolute Gasteiger partial charge is 0.497 e. The molecule has 1 N–H and O–H groups in total. The summed E-state index contributed by atoms with van der Waals surface area (Å²) in [5.41, 5.74) is 0.436. The first-order valence-electron chi connectivity index (χ1n) is 9.09. The number of nitrogens with one attached hydrogen (secondary N) is 1. The van der Waals surface area contributed by atoms with E-state index in [0.717, 1.165) is 49.7 Å². The highest BCUT2D eigenvalue weighted by Crippen LogP contribution is 2.21. The summed E-state index contributed by atoms with van der Waals surface area (Å²) in [6, 6.07) is 6.59. The molecule has 1 aromatic carbocycles. The normalized spacial score (nSPS) is 16.1. The Morgan fingerprint density at radius 1 is 1.19 bits per heavy atom. The minimum atomic E-state index is -3.57. The second-order valence-electron chi connectivity index (χ2n) is 6.82. The quantitative estimate of drug-likeness (QED) is 0.599. The third-order valence-corrected chi connectivity index (χ3v) is 5.76. The molecule has 0 saturated carbocycles. The lowest BCUT2D eigenvalue weighted by molar-refractivity contribution is -0.119. The van der Waals surface area contributed by atoms with Gasteiger partial charge >= 0.3 is 0 Å². The number of hydrogen-bond acceptors (Lipinski definition) is 6. The van der Waals surface area contributed by atoms with Gasteiger partial charge in [-0.05, 0) is 44.3 Å². The number of amides is 1. The van der Waals surface area contributed by atoms with Gasteiger partial charge < -0.3 is 19.9 Å². The maximum absolute atomic E-state index is 12.2. The molecule has 1 amide bonds. The van der Waals surface area contributed by atoms with E-state index < -0.39 is 10.0 Å². The molecule has 0 spiro atoms. The van der Waals surface area contributed by atoms with E-state index in [2.05, 4.69) is 22.2 Å². The maximum atomic E-state index is 12.2. The van der Waals surface area contributed by atoms with Crippen LogP contribution in [0.5, 0.6) is 5.75 Å². The number of ether oxygens (including phenoxy) is 1. The summed E-state index contributed by atoms with van der Waals surface area (Å²) in [4.78, 5) is 16.9. The summed E-state index contributed by atoms with van der Waals surface area (Å²) in [6.07, 6.45) is 1.94. The van der Waals surface area contributed by atoms with E-state index in [1.54, 1.807) is 31.4 Å². The summed E-state index contributed by atoms with van der Waals surface area (Å²) in [5, 5.41) is 2.82. The number of carbonyl (C=O) groups excluding carboxylic acids is 1. The standard InChI is InChI=1S/C18H30N4O4S/c1-20-11-13-21(14-12-20)10-4-9-19-18(23)15-22(27(3,24)25)16-5-7-17(26-2)8-6-16/h5-8H,4,9-15H2,1-3H3,(H,19,23). The summed E-state index contributed by atoms with van der Waals surface area (Å²) in [6.45, 7) is 5.45. The van der Waals surface area contributed by atoms with Crippen molar-refractivity contribution >= 4 is 21.6 Å². The van der Waals surface area contributed by atoms with Crippen LogP contribution in [0.3, 0.4) is 0 Å². The lowest BCUT2D eigenvalue weighted by Gasteiger charge is -2.32. The molecule has 0 bridgehead atoms. The van der Waals surface area contributed by atoms with Crippen molar-refractivity contribution in [2.75, 3.05) is 70.5 Å². The van der Waals surface area contributed by atoms with Crippen LogP contribution in [0.15, 0.2) is 24.3 Å². The Labute approximate surface area is 162 Å². The smallest absolute Gasteiger partial charge is 0.240 e. The highest BCUT2D eigenvalue weighted by molar-refractivity contribution is 7.92. The predicted molar refractivity (Wildman–Crippen MR) is 107 cm³/mol. The molecule has 1 aliphatic heterocycles. The van der Waals surface area contributed by atoms with E-state index in [0.29, 0.717) is 18.0 Å². The van der Waals surface area contributed by atoms with Crippen LogP contribution >= 0.6 is 0 Å². The van der Waals surface area contributed by atoms with E-state index in [1.165, 1.54) is 0 Å². The third kappa shape index (κ3) is 7.00. The first-order valence-corrected chi connectivity index (χ1v) is 10.9. The Morgan fingerprint density at radius 3 is 2.37 bits per heavy atom. The molecule has 152 valence electrons. The van der Waals surface area contributed by atoms with Gasteiger partial charge in [0.2, 0.25) is 15.9 Å². The van der Waals surface area contributed by atoms with E-state index in [4.69, 9.17) is 4.74 Å². The van der Waals surface area contributed by atoms with Crippen molar-refractivity contribution in [3.8, 4) is 5.75 Å². The Morgan fingerprint density at radius 2 is 1.81 bits per heavy atom. The molecule has 2 rings (SSSR count). The third-order valence-electron chi connectivity index (χ3n) is 4.62. The molecule has 0 radical (unpaired) electrons. The van der Waals surface area contributed by atoms with Gasteiger partial charge in [0.05, 0.1) is 19.1 Å². The van der Waals surface area contributed by atoms with Crippen molar-refractivity contribution < 1.29 is 17.9 Å². The fourth-order valence-electron chi connectivity index (χ4n) is 2.94. The molecular weight excluding hydrogens is 368 g/mol. The molecule has 1 heterocycles. The number of sulfonamides is 1. The van der Waals surface area contributed by atoms with E-state index in [1.807, 2.05) is 0 Å². The topological polar surface area (TPSA) is 82.2 Å². The Bertz CT molecular complexity index is 701. The van der Waals surface area contributed by atoms with Crippen molar-refractivity contribution in [3.63, 3.8) is 0 Å². The van der Waals surface area contributed by atoms with Crippen molar-refractivity contribution in [2.45, 2.75) is 6.42 Å². The number of hydrogen-bond donors (Lipinski definition) is 1. The summed E-state index contributed by atoms with van der Waals surface area (Å²) < 4.78 is 30.4. The van der Waals surface area contributed by atoms with Gasteiger partial charge in [0.15, 0.2) is 0 Å². The van der Waals surface area contributed by atoms with Crippen LogP contribution in [0, 0.1) is 0 Å². The number of rotatable bonds is 9. The molecule has 1 saturated heterocycles. The zero-order valence-electron chi connectivity index (χ0n) is 16.3. The van der Waals surface area contributed by atoms with Crippen LogP contribution in [0.25, 0.3) is 0 Å². The molecule has 0 aliphatic carbocycles. The molecule has 1 fully saturated rings. The van der Waals surface area contributed by atoms with Gasteiger partial charge in [-0.1, -0.05) is 0 Å². The molecule has 0 aromatic heterocycles. The zero-order chi connectivity index (χ0) is 19.9. The Balaban J connectivity index is 1.81. The van der Waals surface area contributed by atoms with Crippen LogP contribution in [-0.4, -0.2) is 90.4 Å². The van der Waals surface area contributed by atoms with Crippen molar-refractivity contribution in [2.24, 2.45) is 0 Å². The zero-order valence-corrected chi connectivity index (χ0v) is 17.2. The van der Waals surface area contributed by atoms with Crippen LogP contribution in [0.2, 0.25) is 0 Å². The molecule has 0 unspecified atom stereocenters. The molecule has 9 heteroatoms. The number of piperazine rings is 1. The van der Waals surface area contributed by atoms with E-state index in [-0.39, 0.29) is 12.5 Å². The van der Waals surface area contributed by atoms with Crippen molar-refractivity contribution in [1.29, 1.82) is 0 Å². The van der Waals surface area contributed by atoms with Crippen LogP contribution in [0.1, 0.15) is 6.42 Å². The highest BCUT2D eigenvalue weighted by atomic mass is 32.2. The van der Waals surface area contributed by atoms with Gasteiger partial charge in [-0.15, -0.1) is 0 Å². The summed E-state index contributed by atoms with van der Waals surface area (Å²) in [7, 11) is 0.0928. The molecule has 1 aliphatic rings. The number of methoxy groups -OCH3 is 1. The average molecular weight is 399 g/mol. The van der Waals surface area contributed by atoms with Gasteiger partial charge in [0.1, 0.15) is 12.3 Å². The Kier molecular flexibility index (Phi) is 7.88. The lowest BCUT2D eigenvalue weighted by atomic mass is 10.3. The molecule has 8 nitrogen and oxygen atoms in total. The molecular formula is C18H30N4O4S. The van der Waals surface area contributed by atoms with Gasteiger partial charge in [-0.2, -0.15) is 0 Å². The van der Waals surface area contributed by atoms with E-state index >= 15 is 0 Å². The van der Waals surface area contributed by atoms with E-state index in [9.17, 15) is 13.2 Å². The van der Waals surface area contributed by atoms with Gasteiger partial charge in [-0.3, -0.25) is 9.10 Å². The Hall–Kier alpha value is -1.84. The summed E-state index contributed by atoms with van der Waals surface area (Å²) >= 11 is 0. The van der Waals surface area contributed by atoms with Gasteiger partial charge in [0.25, 0.3) is 0 Å². The van der Waals surface area contributed by atoms with Crippen LogP contribution in [-0.2, 0) is 14.8 Å². The minimum Gasteiger partial charge on any atom is -0.497 e. The SMILES string of the molecule is COc1ccc(N(CC(=O)NCCCN2CCN(C)CC2)S(C)(=O)=O)cc1. The fraction of sp³-hybridized carbons (Fsp3) is 0.611. The van der Waals surface area contributed by atoms with Gasteiger partial charge in [-0.25, -0.2) is 8.42 Å². The minimum absolute atomic E-state index is 0.236. The number of carbonyl (C=O) groups is 1. The number of likely N-dealkylation sites (N-methyl/N-ethyl adjacent to an activating group) is 1. The number of nitrogens with zero attached hydrogens (tertiary/aromatic N) is 3. The second kappa shape index (κ2) is 9.91. The van der Waals surface area contributed by atoms with Crippen molar-refractivity contribution in [3.05, 3.63) is 24.3 Å². The number of anilines is 1. The van der Waals surface area contributed by atoms with Crippen LogP contribution in [0.4, 0.5) is 5.69 Å². The molecule has 0 atom stereocenters. The first kappa shape index (κ1) is 21.5. The first-order chi connectivity index (χ1) is 12.8. The second-order valence-corrected chi connectivity index (χ2v) is 8.72. The highest BCUT2D eigenvalue weighted by Gasteiger charge is 2.21.